The van der Waals surface area contributed by atoms with E-state index in [-0.39, 0.29) is 39.0 Å². The second-order valence-electron chi connectivity index (χ2n) is 14.9. The van der Waals surface area contributed by atoms with Crippen molar-refractivity contribution < 1.29 is 52.7 Å². The summed E-state index contributed by atoms with van der Waals surface area (Å²) < 4.78 is 184. The Balaban J connectivity index is 1.17. The molecular formula is C42H34F12S6. The standard InChI is InChI=1S/C42H34F12S6/c1-3-5-7-9-11-21-13-15-25(55-21)33-29-31(39(47,48)41(51,52)37(29,43)44)35(59-33)27-19-17-23(57-27)24-18-20-28(58-24)36-32-30(38(45,46)42(53,54)40(32,49)50)34(60-36)26-16-14-22(56-26)12-10-8-6-4-2/h13-20H,3-12H2,1-2H3. The van der Waals surface area contributed by atoms with Crippen LogP contribution in [0.15, 0.2) is 48.5 Å². The lowest BCUT2D eigenvalue weighted by atomic mass is 10.1. The van der Waals surface area contributed by atoms with E-state index in [9.17, 15) is 17.6 Å². The molecule has 0 saturated heterocycles. The number of unbranched alkanes of at least 4 members (excludes halogenated alkanes) is 6. The summed E-state index contributed by atoms with van der Waals surface area (Å²) in [5.41, 5.74) is -5.76. The number of rotatable bonds is 15. The first-order chi connectivity index (χ1) is 28.2. The highest BCUT2D eigenvalue weighted by atomic mass is 32.1. The molecule has 2 aliphatic carbocycles. The van der Waals surface area contributed by atoms with Gasteiger partial charge in [-0.1, -0.05) is 52.4 Å². The molecule has 0 nitrogen and oxygen atoms in total. The van der Waals surface area contributed by atoms with Crippen LogP contribution in [-0.2, 0) is 36.5 Å². The Morgan fingerprint density at radius 3 is 0.933 bits per heavy atom. The summed E-state index contributed by atoms with van der Waals surface area (Å²) in [6, 6.07) is 11.7. The van der Waals surface area contributed by atoms with Gasteiger partial charge in [0.25, 0.3) is 0 Å². The van der Waals surface area contributed by atoms with Crippen molar-refractivity contribution in [3.63, 3.8) is 0 Å². The normalized spacial score (nSPS) is 19.0. The molecule has 6 aromatic rings. The van der Waals surface area contributed by atoms with E-state index in [0.29, 0.717) is 35.5 Å². The third-order valence-electron chi connectivity index (χ3n) is 10.9. The highest BCUT2D eigenvalue weighted by Gasteiger charge is 2.82. The fourth-order valence-corrected chi connectivity index (χ4v) is 15.1. The smallest absolute Gasteiger partial charge is 0.194 e. The Kier molecular flexibility index (Phi) is 11.4. The molecule has 8 rings (SSSR count). The molecule has 0 N–H and O–H groups in total. The molecule has 0 spiro atoms. The molecule has 0 bridgehead atoms. The summed E-state index contributed by atoms with van der Waals surface area (Å²) in [7, 11) is 0. The molecule has 0 fully saturated rings. The molecule has 6 heterocycles. The van der Waals surface area contributed by atoms with Gasteiger partial charge in [0, 0.05) is 39.0 Å². The van der Waals surface area contributed by atoms with E-state index >= 15 is 35.1 Å². The van der Waals surface area contributed by atoms with Gasteiger partial charge in [0.15, 0.2) is 0 Å². The molecule has 0 saturated carbocycles. The second-order valence-corrected chi connectivity index (χ2v) is 21.5. The molecule has 0 radical (unpaired) electrons. The fourth-order valence-electron chi connectivity index (χ4n) is 7.68. The van der Waals surface area contributed by atoms with Gasteiger partial charge in [-0.25, -0.2) is 0 Å². The summed E-state index contributed by atoms with van der Waals surface area (Å²) in [5, 5.41) is 0. The summed E-state index contributed by atoms with van der Waals surface area (Å²) in [4.78, 5) is 0.690. The first-order valence-corrected chi connectivity index (χ1v) is 24.1. The average Bonchev–Trinajstić information content (AvgIpc) is 4.04. The van der Waals surface area contributed by atoms with Gasteiger partial charge < -0.3 is 0 Å². The zero-order chi connectivity index (χ0) is 43.2. The lowest BCUT2D eigenvalue weighted by molar-refractivity contribution is -0.302. The van der Waals surface area contributed by atoms with Crippen LogP contribution >= 0.6 is 68.0 Å². The Bertz CT molecular complexity index is 2350. The van der Waals surface area contributed by atoms with E-state index < -0.39 is 67.5 Å². The minimum atomic E-state index is -5.72. The van der Waals surface area contributed by atoms with Crippen LogP contribution in [0.4, 0.5) is 52.7 Å². The van der Waals surface area contributed by atoms with Crippen molar-refractivity contribution in [2.45, 2.75) is 114 Å². The lowest BCUT2D eigenvalue weighted by Crippen LogP contribution is -2.43. The van der Waals surface area contributed by atoms with Crippen molar-refractivity contribution in [1.29, 1.82) is 0 Å². The largest absolute Gasteiger partial charge is 0.380 e. The van der Waals surface area contributed by atoms with Crippen LogP contribution in [0, 0.1) is 0 Å². The third kappa shape index (κ3) is 6.61. The van der Waals surface area contributed by atoms with Crippen LogP contribution in [0.25, 0.3) is 48.8 Å². The molecule has 0 unspecified atom stereocenters. The van der Waals surface area contributed by atoms with E-state index in [4.69, 9.17) is 0 Å². The van der Waals surface area contributed by atoms with Crippen molar-refractivity contribution in [3.8, 4) is 48.8 Å². The summed E-state index contributed by atoms with van der Waals surface area (Å²) in [6.45, 7) is 4.09. The number of hydrogen-bond donors (Lipinski definition) is 0. The SMILES string of the molecule is CCCCCCc1ccc(-c2sc(-c3ccc(-c4ccc(-c5sc(-c6ccc(CCCCCC)s6)c6c5C(F)(F)C(F)(F)C6(F)F)s4)s3)c3c2C(F)(F)C(F)(F)C3(F)F)s1. The van der Waals surface area contributed by atoms with Gasteiger partial charge in [-0.2, -0.15) is 52.7 Å². The number of thiophene rings is 6. The average molecular weight is 959 g/mol. The van der Waals surface area contributed by atoms with Gasteiger partial charge in [-0.3, -0.25) is 0 Å². The molecule has 0 aromatic carbocycles. The van der Waals surface area contributed by atoms with Gasteiger partial charge >= 0.3 is 35.5 Å². The van der Waals surface area contributed by atoms with Crippen molar-refractivity contribution >= 4 is 68.0 Å². The Morgan fingerprint density at radius 1 is 0.333 bits per heavy atom. The predicted molar refractivity (Wildman–Crippen MR) is 222 cm³/mol. The molecule has 322 valence electrons. The summed E-state index contributed by atoms with van der Waals surface area (Å²) in [6.07, 6.45) is 8.65. The van der Waals surface area contributed by atoms with E-state index in [1.54, 1.807) is 12.1 Å². The first-order valence-electron chi connectivity index (χ1n) is 19.2. The highest BCUT2D eigenvalue weighted by Crippen LogP contribution is 2.71. The summed E-state index contributed by atoms with van der Waals surface area (Å²) >= 11 is 4.89. The molecule has 0 atom stereocenters. The van der Waals surface area contributed by atoms with Gasteiger partial charge in [0.2, 0.25) is 0 Å². The first kappa shape index (κ1) is 44.0. The maximum atomic E-state index is 15.6. The molecule has 2 aliphatic rings. The quantitative estimate of drug-likeness (QED) is 0.0711. The minimum Gasteiger partial charge on any atom is -0.194 e. The van der Waals surface area contributed by atoms with Gasteiger partial charge in [-0.15, -0.1) is 68.0 Å². The van der Waals surface area contributed by atoms with E-state index in [2.05, 4.69) is 0 Å². The monoisotopic (exact) mass is 958 g/mol. The van der Waals surface area contributed by atoms with Gasteiger partial charge in [0.1, 0.15) is 0 Å². The Hall–Kier alpha value is -2.64. The summed E-state index contributed by atoms with van der Waals surface area (Å²) in [5.74, 6) is -32.3. The zero-order valence-corrected chi connectivity index (χ0v) is 36.6. The van der Waals surface area contributed by atoms with Gasteiger partial charge in [-0.05, 0) is 74.2 Å². The molecule has 0 aliphatic heterocycles. The van der Waals surface area contributed by atoms with E-state index in [1.807, 2.05) is 13.8 Å². The lowest BCUT2D eigenvalue weighted by Gasteiger charge is -2.24. The minimum absolute atomic E-state index is 0.0368. The molecule has 0 amide bonds. The van der Waals surface area contributed by atoms with Crippen LogP contribution in [0.1, 0.15) is 97.2 Å². The maximum absolute atomic E-state index is 15.6. The van der Waals surface area contributed by atoms with Crippen LogP contribution in [0.3, 0.4) is 0 Å². The van der Waals surface area contributed by atoms with Crippen molar-refractivity contribution in [3.05, 3.63) is 80.5 Å². The topological polar surface area (TPSA) is 0 Å². The number of halogens is 12. The van der Waals surface area contributed by atoms with Crippen molar-refractivity contribution in [1.82, 2.24) is 0 Å². The van der Waals surface area contributed by atoms with E-state index in [1.165, 1.54) is 36.4 Å². The number of fused-ring (bicyclic) bond motifs is 2. The second kappa shape index (κ2) is 15.6. The molecule has 60 heavy (non-hydrogen) atoms. The Labute approximate surface area is 361 Å². The maximum Gasteiger partial charge on any atom is 0.380 e. The molecule has 18 heteroatoms. The fraction of sp³-hybridized carbons (Fsp3) is 0.429. The van der Waals surface area contributed by atoms with Crippen molar-refractivity contribution in [2.24, 2.45) is 0 Å². The van der Waals surface area contributed by atoms with Crippen LogP contribution < -0.4 is 0 Å². The van der Waals surface area contributed by atoms with Crippen LogP contribution in [0.5, 0.6) is 0 Å². The molecular weight excluding hydrogens is 925 g/mol. The van der Waals surface area contributed by atoms with Crippen LogP contribution in [0.2, 0.25) is 0 Å². The predicted octanol–water partition coefficient (Wildman–Crippen LogP) is 18.3. The molecule has 6 aromatic heterocycles. The Morgan fingerprint density at radius 2 is 0.617 bits per heavy atom. The highest BCUT2D eigenvalue weighted by molar-refractivity contribution is 7.30. The van der Waals surface area contributed by atoms with Gasteiger partial charge in [0.05, 0.1) is 41.8 Å². The number of alkyl halides is 12. The zero-order valence-electron chi connectivity index (χ0n) is 31.7. The number of hydrogen-bond acceptors (Lipinski definition) is 6. The number of aryl methyl sites for hydroxylation is 2. The van der Waals surface area contributed by atoms with E-state index in [0.717, 1.165) is 106 Å². The third-order valence-corrected chi connectivity index (χ3v) is 18.6. The van der Waals surface area contributed by atoms with Crippen molar-refractivity contribution in [2.75, 3.05) is 0 Å². The van der Waals surface area contributed by atoms with Crippen LogP contribution in [-0.4, -0.2) is 11.8 Å².